The summed E-state index contributed by atoms with van der Waals surface area (Å²) in [6.45, 7) is -0.204. The molecule has 12 heavy (non-hydrogen) atoms. The lowest BCUT2D eigenvalue weighted by atomic mass is 10.1. The van der Waals surface area contributed by atoms with E-state index in [9.17, 15) is 4.39 Å². The normalized spacial score (nSPS) is 10.2. The van der Waals surface area contributed by atoms with Crippen molar-refractivity contribution in [1.29, 1.82) is 0 Å². The third-order valence-corrected chi connectivity index (χ3v) is 2.56. The summed E-state index contributed by atoms with van der Waals surface area (Å²) in [4.78, 5) is 0. The van der Waals surface area contributed by atoms with E-state index in [0.29, 0.717) is 6.42 Å². The summed E-state index contributed by atoms with van der Waals surface area (Å²) in [5.74, 6) is 0. The fourth-order valence-electron chi connectivity index (χ4n) is 1.11. The standard InChI is InChI=1S/C10H12BrF/c11-10-7-2-1-5-9(10)6-3-4-8-12/h1-2,5,7H,3-4,6,8H2. The number of alkyl halides is 1. The number of hydrogen-bond donors (Lipinski definition) is 0. The lowest BCUT2D eigenvalue weighted by Crippen LogP contribution is -1.87. The van der Waals surface area contributed by atoms with E-state index in [-0.39, 0.29) is 6.67 Å². The van der Waals surface area contributed by atoms with Gasteiger partial charge in [-0.2, -0.15) is 0 Å². The Morgan fingerprint density at radius 3 is 2.58 bits per heavy atom. The van der Waals surface area contributed by atoms with Crippen LogP contribution in [0.4, 0.5) is 4.39 Å². The highest BCUT2D eigenvalue weighted by Gasteiger charge is 1.97. The van der Waals surface area contributed by atoms with Crippen LogP contribution in [0.5, 0.6) is 0 Å². The highest BCUT2D eigenvalue weighted by Crippen LogP contribution is 2.17. The fourth-order valence-corrected chi connectivity index (χ4v) is 1.59. The zero-order chi connectivity index (χ0) is 8.81. The molecule has 1 aromatic carbocycles. The second-order valence-electron chi connectivity index (χ2n) is 2.74. The maximum Gasteiger partial charge on any atom is 0.0894 e. The zero-order valence-corrected chi connectivity index (χ0v) is 8.48. The molecule has 0 aliphatic carbocycles. The van der Waals surface area contributed by atoms with Crippen LogP contribution in [0.3, 0.4) is 0 Å². The van der Waals surface area contributed by atoms with Gasteiger partial charge in [0.05, 0.1) is 6.67 Å². The molecule has 0 unspecified atom stereocenters. The predicted octanol–water partition coefficient (Wildman–Crippen LogP) is 3.74. The summed E-state index contributed by atoms with van der Waals surface area (Å²) in [6.07, 6.45) is 2.56. The van der Waals surface area contributed by atoms with Gasteiger partial charge in [0.15, 0.2) is 0 Å². The molecule has 0 aliphatic rings. The highest BCUT2D eigenvalue weighted by atomic mass is 79.9. The van der Waals surface area contributed by atoms with Crippen LogP contribution in [0.1, 0.15) is 18.4 Å². The Labute approximate surface area is 80.9 Å². The average Bonchev–Trinajstić information content (AvgIpc) is 2.09. The van der Waals surface area contributed by atoms with Crippen molar-refractivity contribution in [1.82, 2.24) is 0 Å². The molecule has 0 radical (unpaired) electrons. The molecular weight excluding hydrogens is 219 g/mol. The van der Waals surface area contributed by atoms with Gasteiger partial charge < -0.3 is 0 Å². The second-order valence-corrected chi connectivity index (χ2v) is 3.59. The first-order valence-corrected chi connectivity index (χ1v) is 4.93. The summed E-state index contributed by atoms with van der Waals surface area (Å²) >= 11 is 3.45. The lowest BCUT2D eigenvalue weighted by molar-refractivity contribution is 0.462. The van der Waals surface area contributed by atoms with Gasteiger partial charge in [-0.1, -0.05) is 34.1 Å². The maximum absolute atomic E-state index is 11.8. The number of rotatable bonds is 4. The molecule has 0 atom stereocenters. The highest BCUT2D eigenvalue weighted by molar-refractivity contribution is 9.10. The van der Waals surface area contributed by atoms with E-state index in [0.717, 1.165) is 17.3 Å². The molecule has 1 rings (SSSR count). The molecule has 0 nitrogen and oxygen atoms in total. The molecular formula is C10H12BrF. The quantitative estimate of drug-likeness (QED) is 0.692. The SMILES string of the molecule is FCCCCc1ccccc1Br. The number of halogens is 2. The Morgan fingerprint density at radius 1 is 1.17 bits per heavy atom. The molecule has 0 saturated heterocycles. The zero-order valence-electron chi connectivity index (χ0n) is 6.89. The van der Waals surface area contributed by atoms with Crippen molar-refractivity contribution < 1.29 is 4.39 Å². The molecule has 0 spiro atoms. The lowest BCUT2D eigenvalue weighted by Gasteiger charge is -2.01. The molecule has 0 saturated carbocycles. The number of benzene rings is 1. The van der Waals surface area contributed by atoms with E-state index in [4.69, 9.17) is 0 Å². The smallest absolute Gasteiger partial charge is 0.0894 e. The summed E-state index contributed by atoms with van der Waals surface area (Å²) in [6, 6.07) is 8.09. The fraction of sp³-hybridized carbons (Fsp3) is 0.400. The number of hydrogen-bond acceptors (Lipinski definition) is 0. The molecule has 1 aromatic rings. The Morgan fingerprint density at radius 2 is 1.92 bits per heavy atom. The molecule has 2 heteroatoms. The van der Waals surface area contributed by atoms with E-state index in [1.807, 2.05) is 18.2 Å². The minimum absolute atomic E-state index is 0.204. The number of aryl methyl sites for hydroxylation is 1. The monoisotopic (exact) mass is 230 g/mol. The minimum atomic E-state index is -0.204. The van der Waals surface area contributed by atoms with Gasteiger partial charge >= 0.3 is 0 Å². The Kier molecular flexibility index (Phi) is 4.30. The molecule has 0 heterocycles. The van der Waals surface area contributed by atoms with E-state index < -0.39 is 0 Å². The van der Waals surface area contributed by atoms with Gasteiger partial charge in [-0.25, -0.2) is 0 Å². The third-order valence-electron chi connectivity index (χ3n) is 1.79. The number of unbranched alkanes of at least 4 members (excludes halogenated alkanes) is 1. The van der Waals surface area contributed by atoms with Crippen molar-refractivity contribution in [3.8, 4) is 0 Å². The van der Waals surface area contributed by atoms with E-state index in [2.05, 4.69) is 22.0 Å². The topological polar surface area (TPSA) is 0 Å². The van der Waals surface area contributed by atoms with Crippen LogP contribution in [0, 0.1) is 0 Å². The van der Waals surface area contributed by atoms with Crippen LogP contribution in [-0.4, -0.2) is 6.67 Å². The molecule has 0 aromatic heterocycles. The van der Waals surface area contributed by atoms with E-state index in [1.54, 1.807) is 0 Å². The third kappa shape index (κ3) is 2.94. The molecule has 0 amide bonds. The van der Waals surface area contributed by atoms with Crippen LogP contribution < -0.4 is 0 Å². The van der Waals surface area contributed by atoms with Gasteiger partial charge in [-0.05, 0) is 30.9 Å². The van der Waals surface area contributed by atoms with Crippen LogP contribution in [0.2, 0.25) is 0 Å². The van der Waals surface area contributed by atoms with Gasteiger partial charge in [0, 0.05) is 4.47 Å². The first-order chi connectivity index (χ1) is 5.84. The van der Waals surface area contributed by atoms with Crippen molar-refractivity contribution in [2.45, 2.75) is 19.3 Å². The summed E-state index contributed by atoms with van der Waals surface area (Å²) in [5.41, 5.74) is 1.27. The average molecular weight is 231 g/mol. The first kappa shape index (κ1) is 9.72. The predicted molar refractivity (Wildman–Crippen MR) is 53.1 cm³/mol. The Hall–Kier alpha value is -0.370. The van der Waals surface area contributed by atoms with Crippen LogP contribution in [0.25, 0.3) is 0 Å². The largest absolute Gasteiger partial charge is 0.251 e. The van der Waals surface area contributed by atoms with Crippen LogP contribution in [0.15, 0.2) is 28.7 Å². The van der Waals surface area contributed by atoms with E-state index >= 15 is 0 Å². The van der Waals surface area contributed by atoms with Gasteiger partial charge in [0.1, 0.15) is 0 Å². The van der Waals surface area contributed by atoms with Crippen molar-refractivity contribution >= 4 is 15.9 Å². The minimum Gasteiger partial charge on any atom is -0.251 e. The summed E-state index contributed by atoms with van der Waals surface area (Å²) in [5, 5.41) is 0. The molecule has 66 valence electrons. The van der Waals surface area contributed by atoms with Gasteiger partial charge in [0.2, 0.25) is 0 Å². The van der Waals surface area contributed by atoms with Gasteiger partial charge in [-0.3, -0.25) is 4.39 Å². The molecule has 0 N–H and O–H groups in total. The molecule has 0 aliphatic heterocycles. The Bertz CT molecular complexity index is 235. The second kappa shape index (κ2) is 5.31. The van der Waals surface area contributed by atoms with Crippen LogP contribution in [-0.2, 0) is 6.42 Å². The van der Waals surface area contributed by atoms with Crippen molar-refractivity contribution in [3.05, 3.63) is 34.3 Å². The Balaban J connectivity index is 2.46. The van der Waals surface area contributed by atoms with Gasteiger partial charge in [0.25, 0.3) is 0 Å². The molecule has 0 fully saturated rings. The van der Waals surface area contributed by atoms with Crippen molar-refractivity contribution in [3.63, 3.8) is 0 Å². The maximum atomic E-state index is 11.8. The van der Waals surface area contributed by atoms with Gasteiger partial charge in [-0.15, -0.1) is 0 Å². The summed E-state index contributed by atoms with van der Waals surface area (Å²) < 4.78 is 12.9. The van der Waals surface area contributed by atoms with E-state index in [1.165, 1.54) is 5.56 Å². The first-order valence-electron chi connectivity index (χ1n) is 4.14. The van der Waals surface area contributed by atoms with Crippen molar-refractivity contribution in [2.24, 2.45) is 0 Å². The molecule has 0 bridgehead atoms. The van der Waals surface area contributed by atoms with Crippen LogP contribution >= 0.6 is 15.9 Å². The summed E-state index contributed by atoms with van der Waals surface area (Å²) in [7, 11) is 0. The van der Waals surface area contributed by atoms with Crippen molar-refractivity contribution in [2.75, 3.05) is 6.67 Å².